The summed E-state index contributed by atoms with van der Waals surface area (Å²) >= 11 is 0. The topological polar surface area (TPSA) is 93.6 Å². The van der Waals surface area contributed by atoms with Crippen LogP contribution in [0.3, 0.4) is 0 Å². The van der Waals surface area contributed by atoms with Gasteiger partial charge in [-0.05, 0) is 55.2 Å². The number of rotatable bonds is 7. The smallest absolute Gasteiger partial charge is 0.433 e. The Morgan fingerprint density at radius 3 is 2.45 bits per heavy atom. The molecule has 11 heteroatoms. The van der Waals surface area contributed by atoms with Gasteiger partial charge in [0.05, 0.1) is 36.9 Å². The number of pyridine rings is 2. The van der Waals surface area contributed by atoms with Crippen molar-refractivity contribution in [2.24, 2.45) is 0 Å². The number of anilines is 1. The average molecular weight is 527 g/mol. The van der Waals surface area contributed by atoms with E-state index in [1.165, 1.54) is 19.2 Å². The first-order valence-corrected chi connectivity index (χ1v) is 12.0. The van der Waals surface area contributed by atoms with Crippen molar-refractivity contribution in [2.45, 2.75) is 37.6 Å². The van der Waals surface area contributed by atoms with Gasteiger partial charge in [0.15, 0.2) is 0 Å². The molecule has 3 heterocycles. The fraction of sp³-hybridized carbons (Fsp3) is 0.333. The van der Waals surface area contributed by atoms with Gasteiger partial charge in [-0.15, -0.1) is 0 Å². The third-order valence-corrected chi connectivity index (χ3v) is 6.66. The maximum Gasteiger partial charge on any atom is 0.433 e. The number of carbonyl (C=O) groups is 2. The number of aromatic nitrogens is 2. The van der Waals surface area contributed by atoms with E-state index in [-0.39, 0.29) is 11.8 Å². The molecule has 5 rings (SSSR count). The first-order chi connectivity index (χ1) is 18.1. The molecule has 8 nitrogen and oxygen atoms in total. The van der Waals surface area contributed by atoms with Crippen LogP contribution in [0.15, 0.2) is 54.7 Å². The van der Waals surface area contributed by atoms with Gasteiger partial charge < -0.3 is 19.7 Å². The summed E-state index contributed by atoms with van der Waals surface area (Å²) in [6.07, 6.45) is -1.77. The predicted octanol–water partition coefficient (Wildman–Crippen LogP) is 4.28. The molecule has 2 fully saturated rings. The van der Waals surface area contributed by atoms with Crippen molar-refractivity contribution in [3.63, 3.8) is 0 Å². The lowest BCUT2D eigenvalue weighted by Crippen LogP contribution is -2.55. The average Bonchev–Trinajstić information content (AvgIpc) is 3.66. The van der Waals surface area contributed by atoms with Crippen LogP contribution in [0.4, 0.5) is 19.0 Å². The molecule has 198 valence electrons. The molecule has 1 aliphatic carbocycles. The number of nitrogens with zero attached hydrogens (tertiary/aromatic N) is 3. The lowest BCUT2D eigenvalue weighted by molar-refractivity contribution is -0.141. The normalized spacial score (nSPS) is 16.4. The summed E-state index contributed by atoms with van der Waals surface area (Å²) in [6, 6.07) is 12.3. The molecule has 1 aromatic carbocycles. The Morgan fingerprint density at radius 2 is 1.82 bits per heavy atom. The van der Waals surface area contributed by atoms with Crippen LogP contribution in [0, 0.1) is 6.92 Å². The molecule has 1 N–H and O–H groups in total. The van der Waals surface area contributed by atoms with Gasteiger partial charge in [0.25, 0.3) is 5.91 Å². The van der Waals surface area contributed by atoms with Crippen molar-refractivity contribution >= 4 is 17.7 Å². The van der Waals surface area contributed by atoms with Gasteiger partial charge in [0.2, 0.25) is 5.88 Å². The van der Waals surface area contributed by atoms with E-state index >= 15 is 0 Å². The molecule has 1 saturated heterocycles. The lowest BCUT2D eigenvalue weighted by Gasteiger charge is -2.40. The molecule has 2 aliphatic rings. The number of halogens is 3. The van der Waals surface area contributed by atoms with Gasteiger partial charge in [-0.25, -0.2) is 14.8 Å². The van der Waals surface area contributed by atoms with Crippen LogP contribution in [0.5, 0.6) is 5.88 Å². The van der Waals surface area contributed by atoms with Crippen LogP contribution in [0.2, 0.25) is 0 Å². The Hall–Kier alpha value is -4.15. The van der Waals surface area contributed by atoms with Gasteiger partial charge in [0, 0.05) is 12.3 Å². The Kier molecular flexibility index (Phi) is 6.46. The summed E-state index contributed by atoms with van der Waals surface area (Å²) in [5.41, 5.74) is 0.998. The maximum atomic E-state index is 13.4. The van der Waals surface area contributed by atoms with Crippen LogP contribution in [0.25, 0.3) is 0 Å². The third-order valence-electron chi connectivity index (χ3n) is 6.66. The molecule has 1 saturated carbocycles. The van der Waals surface area contributed by atoms with Crippen LogP contribution >= 0.6 is 0 Å². The summed E-state index contributed by atoms with van der Waals surface area (Å²) in [4.78, 5) is 35.0. The minimum atomic E-state index is -4.55. The van der Waals surface area contributed by atoms with Crippen molar-refractivity contribution < 1.29 is 32.2 Å². The zero-order chi connectivity index (χ0) is 27.1. The van der Waals surface area contributed by atoms with Crippen LogP contribution in [-0.4, -0.2) is 48.1 Å². The van der Waals surface area contributed by atoms with Gasteiger partial charge >= 0.3 is 12.1 Å². The Bertz CT molecular complexity index is 1370. The van der Waals surface area contributed by atoms with Gasteiger partial charge in [-0.3, -0.25) is 4.79 Å². The first-order valence-electron chi connectivity index (χ1n) is 12.0. The Balaban J connectivity index is 1.27. The molecule has 2 aromatic heterocycles. The molecular formula is C27H25F3N4O4. The molecule has 0 bridgehead atoms. The standard InChI is InChI=1S/C27H25F3N4O4/c1-16-12-20(24(35)33-26(10-11-26)18-8-6-17(7-9-18)25(36)37-2)23(31-13-16)34-14-19(15-34)38-22-5-3-4-21(32-22)27(28,29)30/h3-9,12-13,19H,10-11,14-15H2,1-2H3,(H,33,35). The van der Waals surface area contributed by atoms with Gasteiger partial charge in [-0.1, -0.05) is 18.2 Å². The summed E-state index contributed by atoms with van der Waals surface area (Å²) in [7, 11) is 1.32. The highest BCUT2D eigenvalue weighted by Gasteiger charge is 2.46. The Morgan fingerprint density at radius 1 is 1.11 bits per heavy atom. The largest absolute Gasteiger partial charge is 0.471 e. The van der Waals surface area contributed by atoms with E-state index in [1.807, 2.05) is 24.0 Å². The zero-order valence-electron chi connectivity index (χ0n) is 20.7. The summed E-state index contributed by atoms with van der Waals surface area (Å²) in [5.74, 6) is -0.341. The predicted molar refractivity (Wildman–Crippen MR) is 131 cm³/mol. The number of carbonyl (C=O) groups excluding carboxylic acids is 2. The minimum absolute atomic E-state index is 0.104. The summed E-state index contributed by atoms with van der Waals surface area (Å²) in [6.45, 7) is 2.52. The number of amides is 1. The highest BCUT2D eigenvalue weighted by Crippen LogP contribution is 2.46. The van der Waals surface area contributed by atoms with Gasteiger partial charge in [0.1, 0.15) is 17.6 Å². The van der Waals surface area contributed by atoms with Crippen LogP contribution in [-0.2, 0) is 16.5 Å². The van der Waals surface area contributed by atoms with Crippen molar-refractivity contribution in [3.05, 3.63) is 82.7 Å². The van der Waals surface area contributed by atoms with Gasteiger partial charge in [-0.2, -0.15) is 13.2 Å². The van der Waals surface area contributed by atoms with E-state index in [2.05, 4.69) is 15.3 Å². The lowest BCUT2D eigenvalue weighted by atomic mass is 10.0. The summed E-state index contributed by atoms with van der Waals surface area (Å²) in [5, 5.41) is 3.14. The number of hydrogen-bond donors (Lipinski definition) is 1. The molecule has 0 unspecified atom stereocenters. The molecule has 3 aromatic rings. The zero-order valence-corrected chi connectivity index (χ0v) is 20.7. The Labute approximate surface area is 216 Å². The minimum Gasteiger partial charge on any atom is -0.471 e. The van der Waals surface area contributed by atoms with E-state index in [9.17, 15) is 22.8 Å². The monoisotopic (exact) mass is 526 g/mol. The molecular weight excluding hydrogens is 501 g/mol. The molecule has 38 heavy (non-hydrogen) atoms. The van der Waals surface area contributed by atoms with Crippen LogP contribution in [0.1, 0.15) is 50.4 Å². The quantitative estimate of drug-likeness (QED) is 0.460. The van der Waals surface area contributed by atoms with E-state index in [4.69, 9.17) is 9.47 Å². The number of ether oxygens (including phenoxy) is 2. The molecule has 0 atom stereocenters. The second-order valence-electron chi connectivity index (χ2n) is 9.49. The summed E-state index contributed by atoms with van der Waals surface area (Å²) < 4.78 is 49.2. The van der Waals surface area contributed by atoms with Crippen molar-refractivity contribution in [2.75, 3.05) is 25.1 Å². The number of methoxy groups -OCH3 is 1. The third kappa shape index (κ3) is 5.13. The fourth-order valence-corrected chi connectivity index (χ4v) is 4.41. The highest BCUT2D eigenvalue weighted by atomic mass is 19.4. The van der Waals surface area contributed by atoms with E-state index < -0.39 is 29.5 Å². The number of nitrogens with one attached hydrogen (secondary N) is 1. The number of alkyl halides is 3. The number of aryl methyl sites for hydroxylation is 1. The maximum absolute atomic E-state index is 13.4. The first kappa shape index (κ1) is 25.5. The van der Waals surface area contributed by atoms with E-state index in [0.717, 1.165) is 30.0 Å². The number of hydrogen-bond acceptors (Lipinski definition) is 7. The van der Waals surface area contributed by atoms with E-state index in [0.29, 0.717) is 30.0 Å². The molecule has 0 spiro atoms. The highest BCUT2D eigenvalue weighted by molar-refractivity contribution is 6.00. The molecule has 1 aliphatic heterocycles. The van der Waals surface area contributed by atoms with Crippen LogP contribution < -0.4 is 15.0 Å². The second kappa shape index (κ2) is 9.62. The van der Waals surface area contributed by atoms with Crippen molar-refractivity contribution in [3.8, 4) is 5.88 Å². The number of esters is 1. The SMILES string of the molecule is COC(=O)c1ccc(C2(NC(=O)c3cc(C)cnc3N3CC(Oc4cccc(C(F)(F)F)n4)C3)CC2)cc1. The number of benzene rings is 1. The molecule has 0 radical (unpaired) electrons. The molecule has 1 amide bonds. The fourth-order valence-electron chi connectivity index (χ4n) is 4.41. The van der Waals surface area contributed by atoms with Crippen molar-refractivity contribution in [1.29, 1.82) is 0 Å². The van der Waals surface area contributed by atoms with E-state index in [1.54, 1.807) is 24.4 Å². The second-order valence-corrected chi connectivity index (χ2v) is 9.49. The van der Waals surface area contributed by atoms with Crippen molar-refractivity contribution in [1.82, 2.24) is 15.3 Å².